The lowest BCUT2D eigenvalue weighted by molar-refractivity contribution is 1.05. The quantitative estimate of drug-likeness (QED) is 0.896. The van der Waals surface area contributed by atoms with E-state index in [1.807, 2.05) is 13.0 Å². The van der Waals surface area contributed by atoms with Gasteiger partial charge in [-0.2, -0.15) is 5.26 Å². The van der Waals surface area contributed by atoms with Crippen LogP contribution in [-0.2, 0) is 6.42 Å². The Kier molecular flexibility index (Phi) is 3.35. The molecule has 0 atom stereocenters. The van der Waals surface area contributed by atoms with Gasteiger partial charge in [0, 0.05) is 21.0 Å². The summed E-state index contributed by atoms with van der Waals surface area (Å²) < 4.78 is 0. The highest BCUT2D eigenvalue weighted by molar-refractivity contribution is 7.15. The van der Waals surface area contributed by atoms with E-state index >= 15 is 0 Å². The Bertz CT molecular complexity index is 635. The number of nitrogens with zero attached hydrogens (tertiary/aromatic N) is 2. The van der Waals surface area contributed by atoms with Crippen LogP contribution in [-0.4, -0.2) is 4.98 Å². The number of anilines is 1. The summed E-state index contributed by atoms with van der Waals surface area (Å²) in [4.78, 5) is 6.59. The van der Waals surface area contributed by atoms with Crippen molar-refractivity contribution in [1.82, 2.24) is 4.98 Å². The van der Waals surface area contributed by atoms with Gasteiger partial charge < -0.3 is 5.73 Å². The third-order valence-corrected chi connectivity index (χ3v) is 4.00. The second kappa shape index (κ2) is 4.79. The summed E-state index contributed by atoms with van der Waals surface area (Å²) in [6, 6.07) is 6.30. The Labute approximate surface area is 111 Å². The topological polar surface area (TPSA) is 62.7 Å². The molecule has 0 aliphatic carbocycles. The molecular weight excluding hydrogens is 242 g/mol. The zero-order chi connectivity index (χ0) is 13.3. The largest absolute Gasteiger partial charge is 0.383 e. The van der Waals surface area contributed by atoms with Crippen LogP contribution in [0.5, 0.6) is 0 Å². The Morgan fingerprint density at radius 2 is 2.11 bits per heavy atom. The summed E-state index contributed by atoms with van der Waals surface area (Å²) in [5.74, 6) is 0.327. The Hall–Kier alpha value is -1.86. The van der Waals surface area contributed by atoms with Crippen LogP contribution in [0, 0.1) is 25.2 Å². The van der Waals surface area contributed by atoms with Crippen molar-refractivity contribution in [1.29, 1.82) is 5.26 Å². The van der Waals surface area contributed by atoms with E-state index in [0.717, 1.165) is 28.1 Å². The highest BCUT2D eigenvalue weighted by Crippen LogP contribution is 2.36. The average molecular weight is 257 g/mol. The molecule has 0 spiro atoms. The Balaban J connectivity index is 2.82. The number of thiophene rings is 1. The predicted octanol–water partition coefficient (Wildman–Crippen LogP) is 3.44. The molecule has 4 heteroatoms. The van der Waals surface area contributed by atoms with Crippen LogP contribution in [0.4, 0.5) is 5.82 Å². The highest BCUT2D eigenvalue weighted by Gasteiger charge is 2.17. The Morgan fingerprint density at radius 1 is 1.39 bits per heavy atom. The van der Waals surface area contributed by atoms with Crippen LogP contribution in [0.25, 0.3) is 10.4 Å². The third-order valence-electron chi connectivity index (χ3n) is 2.98. The Morgan fingerprint density at radius 3 is 2.61 bits per heavy atom. The minimum atomic E-state index is 0.327. The molecule has 18 heavy (non-hydrogen) atoms. The van der Waals surface area contributed by atoms with Crippen molar-refractivity contribution >= 4 is 17.2 Å². The number of aromatic nitrogens is 1. The van der Waals surface area contributed by atoms with E-state index < -0.39 is 0 Å². The number of hydrogen-bond acceptors (Lipinski definition) is 4. The van der Waals surface area contributed by atoms with E-state index in [9.17, 15) is 5.26 Å². The predicted molar refractivity (Wildman–Crippen MR) is 75.5 cm³/mol. The van der Waals surface area contributed by atoms with Crippen molar-refractivity contribution < 1.29 is 0 Å². The van der Waals surface area contributed by atoms with Crippen molar-refractivity contribution in [2.75, 3.05) is 5.73 Å². The fourth-order valence-corrected chi connectivity index (χ4v) is 3.10. The second-order valence-corrected chi connectivity index (χ2v) is 5.47. The maximum Gasteiger partial charge on any atom is 0.142 e. The zero-order valence-corrected chi connectivity index (χ0v) is 11.6. The number of pyridine rings is 1. The molecule has 0 aliphatic heterocycles. The number of rotatable bonds is 2. The molecule has 2 heterocycles. The summed E-state index contributed by atoms with van der Waals surface area (Å²) >= 11 is 1.68. The molecule has 0 aliphatic rings. The number of hydrogen-bond donors (Lipinski definition) is 1. The van der Waals surface area contributed by atoms with Crippen LogP contribution in [0.2, 0.25) is 0 Å². The van der Waals surface area contributed by atoms with E-state index in [-0.39, 0.29) is 0 Å². The van der Waals surface area contributed by atoms with Crippen LogP contribution >= 0.6 is 11.3 Å². The number of nitrogen functional groups attached to an aromatic ring is 1. The van der Waals surface area contributed by atoms with Crippen molar-refractivity contribution in [3.8, 4) is 16.5 Å². The molecule has 92 valence electrons. The third kappa shape index (κ3) is 1.98. The van der Waals surface area contributed by atoms with Gasteiger partial charge in [0.15, 0.2) is 0 Å². The van der Waals surface area contributed by atoms with E-state index in [4.69, 9.17) is 5.73 Å². The van der Waals surface area contributed by atoms with Crippen molar-refractivity contribution in [2.24, 2.45) is 0 Å². The van der Waals surface area contributed by atoms with Gasteiger partial charge in [-0.3, -0.25) is 0 Å². The maximum absolute atomic E-state index is 9.31. The molecule has 0 bridgehead atoms. The summed E-state index contributed by atoms with van der Waals surface area (Å²) in [6.07, 6.45) is 0.847. The minimum absolute atomic E-state index is 0.327. The first-order valence-electron chi connectivity index (χ1n) is 5.84. The monoisotopic (exact) mass is 257 g/mol. The average Bonchev–Trinajstić information content (AvgIpc) is 2.74. The lowest BCUT2D eigenvalue weighted by atomic mass is 9.98. The summed E-state index contributed by atoms with van der Waals surface area (Å²) in [6.45, 7) is 6.08. The number of nitriles is 1. The van der Waals surface area contributed by atoms with Crippen LogP contribution in [0.1, 0.15) is 28.6 Å². The first-order chi connectivity index (χ1) is 8.58. The molecule has 2 N–H and O–H groups in total. The van der Waals surface area contributed by atoms with Gasteiger partial charge in [-0.1, -0.05) is 6.92 Å². The summed E-state index contributed by atoms with van der Waals surface area (Å²) in [5, 5.41) is 9.31. The van der Waals surface area contributed by atoms with E-state index in [1.54, 1.807) is 11.3 Å². The van der Waals surface area contributed by atoms with Gasteiger partial charge in [-0.25, -0.2) is 4.98 Å². The highest BCUT2D eigenvalue weighted by atomic mass is 32.1. The first kappa shape index (κ1) is 12.6. The summed E-state index contributed by atoms with van der Waals surface area (Å²) in [5.41, 5.74) is 9.36. The fourth-order valence-electron chi connectivity index (χ4n) is 2.15. The molecule has 0 saturated carbocycles. The van der Waals surface area contributed by atoms with Gasteiger partial charge >= 0.3 is 0 Å². The molecule has 0 unspecified atom stereocenters. The van der Waals surface area contributed by atoms with Crippen LogP contribution in [0.3, 0.4) is 0 Å². The van der Waals surface area contributed by atoms with Crippen molar-refractivity contribution in [2.45, 2.75) is 27.2 Å². The molecule has 2 rings (SSSR count). The van der Waals surface area contributed by atoms with Crippen LogP contribution in [0.15, 0.2) is 12.1 Å². The lowest BCUT2D eigenvalue weighted by Crippen LogP contribution is -2.04. The molecule has 0 aromatic carbocycles. The van der Waals surface area contributed by atoms with E-state index in [0.29, 0.717) is 11.4 Å². The molecule has 2 aromatic rings. The zero-order valence-electron chi connectivity index (χ0n) is 10.7. The van der Waals surface area contributed by atoms with Gasteiger partial charge in [-0.05, 0) is 38.0 Å². The van der Waals surface area contributed by atoms with Gasteiger partial charge in [0.05, 0.1) is 0 Å². The van der Waals surface area contributed by atoms with Crippen LogP contribution < -0.4 is 5.73 Å². The molecule has 0 fully saturated rings. The molecule has 0 amide bonds. The summed E-state index contributed by atoms with van der Waals surface area (Å²) in [7, 11) is 0. The first-order valence-corrected chi connectivity index (χ1v) is 6.66. The van der Waals surface area contributed by atoms with E-state index in [2.05, 4.69) is 31.0 Å². The second-order valence-electron chi connectivity index (χ2n) is 4.19. The van der Waals surface area contributed by atoms with Crippen molar-refractivity contribution in [3.05, 3.63) is 33.8 Å². The molecule has 0 saturated heterocycles. The number of aryl methyl sites for hydroxylation is 2. The van der Waals surface area contributed by atoms with Gasteiger partial charge in [0.2, 0.25) is 0 Å². The molecule has 2 aromatic heterocycles. The minimum Gasteiger partial charge on any atom is -0.383 e. The number of nitrogens with two attached hydrogens (primary N) is 1. The van der Waals surface area contributed by atoms with Crippen molar-refractivity contribution in [3.63, 3.8) is 0 Å². The lowest BCUT2D eigenvalue weighted by Gasteiger charge is -2.12. The van der Waals surface area contributed by atoms with Gasteiger partial charge in [0.25, 0.3) is 0 Å². The molecule has 3 nitrogen and oxygen atoms in total. The SMILES string of the molecule is CCc1c(C)nc(N)c(C#N)c1-c1ccc(C)s1. The van der Waals surface area contributed by atoms with E-state index in [1.165, 1.54) is 4.88 Å². The standard InChI is InChI=1S/C14H15N3S/c1-4-10-9(3)17-14(16)11(7-15)13(10)12-6-5-8(2)18-12/h5-6H,4H2,1-3H3,(H2,16,17). The normalized spacial score (nSPS) is 10.3. The fraction of sp³-hybridized carbons (Fsp3) is 0.286. The molecule has 0 radical (unpaired) electrons. The maximum atomic E-state index is 9.31. The molecular formula is C14H15N3S. The smallest absolute Gasteiger partial charge is 0.142 e. The van der Waals surface area contributed by atoms with Gasteiger partial charge in [0.1, 0.15) is 17.5 Å². The van der Waals surface area contributed by atoms with Gasteiger partial charge in [-0.15, -0.1) is 11.3 Å².